The molecular formula is C13H23N3O2S2. The van der Waals surface area contributed by atoms with Gasteiger partial charge in [0.1, 0.15) is 4.90 Å². The number of likely N-dealkylation sites (tertiary alicyclic amines) is 1. The first-order chi connectivity index (χ1) is 9.37. The van der Waals surface area contributed by atoms with E-state index in [1.54, 1.807) is 11.4 Å². The number of nitrogens with two attached hydrogens (primary N) is 1. The molecule has 1 aromatic rings. The molecule has 2 N–H and O–H groups in total. The van der Waals surface area contributed by atoms with Gasteiger partial charge in [0.25, 0.3) is 0 Å². The Morgan fingerprint density at radius 1 is 1.45 bits per heavy atom. The molecule has 0 bridgehead atoms. The highest BCUT2D eigenvalue weighted by Gasteiger charge is 2.33. The molecule has 20 heavy (non-hydrogen) atoms. The van der Waals surface area contributed by atoms with E-state index in [2.05, 4.69) is 11.9 Å². The van der Waals surface area contributed by atoms with Crippen molar-refractivity contribution in [3.05, 3.63) is 15.8 Å². The predicted octanol–water partition coefficient (Wildman–Crippen LogP) is 1.23. The smallest absolute Gasteiger partial charge is 0.244 e. The van der Waals surface area contributed by atoms with E-state index in [9.17, 15) is 8.42 Å². The summed E-state index contributed by atoms with van der Waals surface area (Å²) in [5, 5.41) is 1.87. The molecule has 1 saturated heterocycles. The van der Waals surface area contributed by atoms with Crippen molar-refractivity contribution in [3.8, 4) is 0 Å². The van der Waals surface area contributed by atoms with Crippen LogP contribution in [0.4, 0.5) is 0 Å². The van der Waals surface area contributed by atoms with Crippen molar-refractivity contribution in [1.29, 1.82) is 0 Å². The van der Waals surface area contributed by atoms with Gasteiger partial charge in [-0.25, -0.2) is 8.42 Å². The maximum atomic E-state index is 12.8. The van der Waals surface area contributed by atoms with Crippen molar-refractivity contribution >= 4 is 21.4 Å². The normalized spacial score (nSPS) is 18.9. The Morgan fingerprint density at radius 3 is 2.60 bits per heavy atom. The van der Waals surface area contributed by atoms with Gasteiger partial charge in [-0.15, -0.1) is 11.3 Å². The Balaban J connectivity index is 2.27. The minimum absolute atomic E-state index is 0.0844. The van der Waals surface area contributed by atoms with Crippen LogP contribution in [-0.2, 0) is 16.6 Å². The number of hydrogen-bond acceptors (Lipinski definition) is 5. The summed E-state index contributed by atoms with van der Waals surface area (Å²) < 4.78 is 27.2. The molecule has 0 spiro atoms. The van der Waals surface area contributed by atoms with E-state index in [1.165, 1.54) is 11.3 Å². The third-order valence-electron chi connectivity index (χ3n) is 4.01. The van der Waals surface area contributed by atoms with E-state index in [4.69, 9.17) is 5.73 Å². The Hall–Kier alpha value is -0.470. The fourth-order valence-electron chi connectivity index (χ4n) is 2.67. The molecule has 0 radical (unpaired) electrons. The van der Waals surface area contributed by atoms with Crippen molar-refractivity contribution in [2.45, 2.75) is 37.2 Å². The molecule has 0 aromatic carbocycles. The molecular weight excluding hydrogens is 294 g/mol. The van der Waals surface area contributed by atoms with E-state index < -0.39 is 10.0 Å². The third kappa shape index (κ3) is 2.92. The van der Waals surface area contributed by atoms with Crippen molar-refractivity contribution in [2.75, 3.05) is 27.2 Å². The lowest BCUT2D eigenvalue weighted by molar-refractivity contribution is 0.197. The molecule has 2 rings (SSSR count). The van der Waals surface area contributed by atoms with Crippen LogP contribution in [0.25, 0.3) is 0 Å². The molecule has 5 nitrogen and oxygen atoms in total. The van der Waals surface area contributed by atoms with E-state index >= 15 is 0 Å². The Labute approximate surface area is 125 Å². The first kappa shape index (κ1) is 15.9. The highest BCUT2D eigenvalue weighted by atomic mass is 32.2. The molecule has 0 aliphatic carbocycles. The van der Waals surface area contributed by atoms with Gasteiger partial charge in [-0.2, -0.15) is 4.31 Å². The van der Waals surface area contributed by atoms with Crippen LogP contribution in [0.15, 0.2) is 10.3 Å². The lowest BCUT2D eigenvalue weighted by Crippen LogP contribution is -2.44. The highest BCUT2D eigenvalue weighted by molar-refractivity contribution is 7.89. The van der Waals surface area contributed by atoms with Crippen LogP contribution in [0.1, 0.15) is 23.3 Å². The number of piperidine rings is 1. The molecule has 114 valence electrons. The summed E-state index contributed by atoms with van der Waals surface area (Å²) in [5.74, 6) is 0. The lowest BCUT2D eigenvalue weighted by atomic mass is 10.1. The molecule has 1 aromatic heterocycles. The molecule has 1 aliphatic rings. The van der Waals surface area contributed by atoms with Crippen molar-refractivity contribution < 1.29 is 8.42 Å². The number of sulfonamides is 1. The minimum Gasteiger partial charge on any atom is -0.326 e. The standard InChI is InChI=1S/C13H23N3O2S2/c1-10-9-19-12(8-14)13(10)20(17,18)16(3)11-4-6-15(2)7-5-11/h9,11H,4-8,14H2,1-3H3. The van der Waals surface area contributed by atoms with E-state index in [0.717, 1.165) is 36.4 Å². The number of thiophene rings is 1. The second-order valence-corrected chi connectivity index (χ2v) is 8.33. The van der Waals surface area contributed by atoms with Gasteiger partial charge in [0, 0.05) is 24.5 Å². The highest BCUT2D eigenvalue weighted by Crippen LogP contribution is 2.31. The van der Waals surface area contributed by atoms with Crippen molar-refractivity contribution in [2.24, 2.45) is 5.73 Å². The van der Waals surface area contributed by atoms with Gasteiger partial charge in [0.05, 0.1) is 0 Å². The summed E-state index contributed by atoms with van der Waals surface area (Å²) in [5.41, 5.74) is 6.48. The second kappa shape index (κ2) is 6.11. The molecule has 0 atom stereocenters. The third-order valence-corrected chi connectivity index (χ3v) is 7.41. The van der Waals surface area contributed by atoms with Gasteiger partial charge < -0.3 is 10.6 Å². The molecule has 1 aliphatic heterocycles. The van der Waals surface area contributed by atoms with Gasteiger partial charge >= 0.3 is 0 Å². The Kier molecular flexibility index (Phi) is 4.86. The van der Waals surface area contributed by atoms with Gasteiger partial charge in [-0.1, -0.05) is 0 Å². The average Bonchev–Trinajstić information content (AvgIpc) is 2.80. The van der Waals surface area contributed by atoms with Crippen LogP contribution in [0.5, 0.6) is 0 Å². The monoisotopic (exact) mass is 317 g/mol. The lowest BCUT2D eigenvalue weighted by Gasteiger charge is -2.34. The van der Waals surface area contributed by atoms with E-state index in [0.29, 0.717) is 4.90 Å². The topological polar surface area (TPSA) is 66.6 Å². The first-order valence-electron chi connectivity index (χ1n) is 6.81. The van der Waals surface area contributed by atoms with E-state index in [1.807, 2.05) is 12.3 Å². The quantitative estimate of drug-likeness (QED) is 0.907. The summed E-state index contributed by atoms with van der Waals surface area (Å²) in [6, 6.07) is 0.0844. The van der Waals surface area contributed by atoms with Crippen LogP contribution in [0.3, 0.4) is 0 Å². The fraction of sp³-hybridized carbons (Fsp3) is 0.692. The van der Waals surface area contributed by atoms with Gasteiger partial charge in [0.15, 0.2) is 0 Å². The summed E-state index contributed by atoms with van der Waals surface area (Å²) in [6.07, 6.45) is 1.76. The molecule has 1 fully saturated rings. The van der Waals surface area contributed by atoms with Crippen molar-refractivity contribution in [3.63, 3.8) is 0 Å². The van der Waals surface area contributed by atoms with Crippen LogP contribution in [0.2, 0.25) is 0 Å². The second-order valence-electron chi connectivity index (χ2n) is 5.43. The van der Waals surface area contributed by atoms with Crippen molar-refractivity contribution in [1.82, 2.24) is 9.21 Å². The maximum absolute atomic E-state index is 12.8. The molecule has 7 heteroatoms. The SMILES string of the molecule is Cc1csc(CN)c1S(=O)(=O)N(C)C1CCN(C)CC1. The van der Waals surface area contributed by atoms with Gasteiger partial charge in [-0.05, 0) is 50.8 Å². The maximum Gasteiger partial charge on any atom is 0.244 e. The van der Waals surface area contributed by atoms with Crippen LogP contribution in [0, 0.1) is 6.92 Å². The zero-order valence-corrected chi connectivity index (χ0v) is 13.9. The molecule has 0 unspecified atom stereocenters. The predicted molar refractivity (Wildman–Crippen MR) is 82.4 cm³/mol. The number of hydrogen-bond donors (Lipinski definition) is 1. The molecule has 0 saturated carbocycles. The average molecular weight is 317 g/mol. The van der Waals surface area contributed by atoms with Gasteiger partial charge in [-0.3, -0.25) is 0 Å². The molecule has 0 amide bonds. The van der Waals surface area contributed by atoms with Crippen LogP contribution < -0.4 is 5.73 Å². The Bertz CT molecular complexity index is 560. The Morgan fingerprint density at radius 2 is 2.05 bits per heavy atom. The number of aryl methyl sites for hydroxylation is 1. The van der Waals surface area contributed by atoms with E-state index in [-0.39, 0.29) is 12.6 Å². The number of nitrogens with zero attached hydrogens (tertiary/aromatic N) is 2. The van der Waals surface area contributed by atoms with Gasteiger partial charge in [0.2, 0.25) is 10.0 Å². The first-order valence-corrected chi connectivity index (χ1v) is 9.13. The fourth-order valence-corrected chi connectivity index (χ4v) is 5.74. The summed E-state index contributed by atoms with van der Waals surface area (Å²) >= 11 is 1.43. The number of rotatable bonds is 4. The minimum atomic E-state index is -3.44. The summed E-state index contributed by atoms with van der Waals surface area (Å²) in [4.78, 5) is 3.41. The van der Waals surface area contributed by atoms with Crippen LogP contribution in [-0.4, -0.2) is 50.8 Å². The van der Waals surface area contributed by atoms with Crippen LogP contribution >= 0.6 is 11.3 Å². The zero-order chi connectivity index (χ0) is 14.9. The zero-order valence-electron chi connectivity index (χ0n) is 12.3. The summed E-state index contributed by atoms with van der Waals surface area (Å²) in [7, 11) is 0.326. The summed E-state index contributed by atoms with van der Waals surface area (Å²) in [6.45, 7) is 3.99. The largest absolute Gasteiger partial charge is 0.326 e. The molecule has 2 heterocycles.